The smallest absolute Gasteiger partial charge is 0.234 e. The number of aryl methyl sites for hydroxylation is 1. The highest BCUT2D eigenvalue weighted by Gasteiger charge is 2.27. The Labute approximate surface area is 140 Å². The van der Waals surface area contributed by atoms with Crippen molar-refractivity contribution in [2.45, 2.75) is 38.8 Å². The molecule has 24 heavy (non-hydrogen) atoms. The fraction of sp³-hybridized carbons (Fsp3) is 0.389. The van der Waals surface area contributed by atoms with E-state index in [-0.39, 0.29) is 11.9 Å². The number of imidazole rings is 1. The Morgan fingerprint density at radius 2 is 2.17 bits per heavy atom. The van der Waals surface area contributed by atoms with E-state index in [9.17, 15) is 4.39 Å². The molecule has 1 saturated heterocycles. The van der Waals surface area contributed by atoms with Gasteiger partial charge in [0.25, 0.3) is 0 Å². The van der Waals surface area contributed by atoms with E-state index in [0.29, 0.717) is 12.2 Å². The predicted molar refractivity (Wildman–Crippen MR) is 88.9 cm³/mol. The number of fused-ring (bicyclic) bond motifs is 1. The zero-order valence-corrected chi connectivity index (χ0v) is 13.7. The average molecular weight is 325 g/mol. The van der Waals surface area contributed by atoms with Crippen molar-refractivity contribution < 1.29 is 4.39 Å². The van der Waals surface area contributed by atoms with Gasteiger partial charge in [0.05, 0.1) is 17.4 Å². The second-order valence-electron chi connectivity index (χ2n) is 6.33. The van der Waals surface area contributed by atoms with Crippen LogP contribution >= 0.6 is 0 Å². The Kier molecular flexibility index (Phi) is 3.98. The lowest BCUT2D eigenvalue weighted by atomic mass is 9.98. The first kappa shape index (κ1) is 15.2. The fourth-order valence-corrected chi connectivity index (χ4v) is 3.50. The third kappa shape index (κ3) is 2.78. The highest BCUT2D eigenvalue weighted by atomic mass is 19.1. The van der Waals surface area contributed by atoms with E-state index in [4.69, 9.17) is 4.98 Å². The molecule has 3 aromatic heterocycles. The fourth-order valence-electron chi connectivity index (χ4n) is 3.50. The molecule has 0 aliphatic carbocycles. The minimum absolute atomic E-state index is 0.181. The van der Waals surface area contributed by atoms with E-state index >= 15 is 0 Å². The molecule has 4 heterocycles. The first-order valence-electron chi connectivity index (χ1n) is 8.36. The monoisotopic (exact) mass is 325 g/mol. The summed E-state index contributed by atoms with van der Waals surface area (Å²) in [7, 11) is 0. The molecule has 3 aromatic rings. The van der Waals surface area contributed by atoms with E-state index < -0.39 is 0 Å². The van der Waals surface area contributed by atoms with Gasteiger partial charge in [0.2, 0.25) is 5.78 Å². The van der Waals surface area contributed by atoms with Gasteiger partial charge >= 0.3 is 0 Å². The number of piperidine rings is 1. The zero-order chi connectivity index (χ0) is 16.5. The molecule has 0 aromatic carbocycles. The minimum Gasteiger partial charge on any atom is -0.289 e. The molecule has 0 spiro atoms. The molecule has 1 aliphatic heterocycles. The molecule has 1 atom stereocenters. The van der Waals surface area contributed by atoms with Crippen LogP contribution in [0.4, 0.5) is 4.39 Å². The van der Waals surface area contributed by atoms with Gasteiger partial charge in [-0.3, -0.25) is 14.3 Å². The molecule has 1 aliphatic rings. The summed E-state index contributed by atoms with van der Waals surface area (Å²) in [6, 6.07) is 5.40. The molecule has 0 bridgehead atoms. The molecular formula is C18H20FN5. The van der Waals surface area contributed by atoms with E-state index in [1.807, 2.05) is 10.6 Å². The normalized spacial score (nSPS) is 19.0. The van der Waals surface area contributed by atoms with Crippen molar-refractivity contribution in [1.29, 1.82) is 0 Å². The number of likely N-dealkylation sites (tertiary alicyclic amines) is 1. The summed E-state index contributed by atoms with van der Waals surface area (Å²) in [5.41, 5.74) is 2.63. The lowest BCUT2D eigenvalue weighted by Crippen LogP contribution is -2.34. The maximum Gasteiger partial charge on any atom is 0.234 e. The molecular weight excluding hydrogens is 305 g/mol. The predicted octanol–water partition coefficient (Wildman–Crippen LogP) is 3.30. The lowest BCUT2D eigenvalue weighted by Gasteiger charge is -2.35. The van der Waals surface area contributed by atoms with Gasteiger partial charge in [0, 0.05) is 30.8 Å². The summed E-state index contributed by atoms with van der Waals surface area (Å²) < 4.78 is 16.0. The molecule has 124 valence electrons. The number of rotatable bonds is 3. The van der Waals surface area contributed by atoms with Crippen LogP contribution in [0.15, 0.2) is 36.8 Å². The quantitative estimate of drug-likeness (QED) is 0.741. The van der Waals surface area contributed by atoms with Crippen LogP contribution < -0.4 is 0 Å². The first-order valence-corrected chi connectivity index (χ1v) is 8.36. The summed E-state index contributed by atoms with van der Waals surface area (Å²) in [5.74, 6) is 0.481. The molecule has 0 N–H and O–H groups in total. The van der Waals surface area contributed by atoms with Crippen LogP contribution in [0.25, 0.3) is 5.78 Å². The van der Waals surface area contributed by atoms with Crippen LogP contribution in [0.5, 0.6) is 0 Å². The Hall–Kier alpha value is -2.34. The lowest BCUT2D eigenvalue weighted by molar-refractivity contribution is 0.134. The summed E-state index contributed by atoms with van der Waals surface area (Å²) in [5, 5.41) is 0. The van der Waals surface area contributed by atoms with Crippen LogP contribution in [0, 0.1) is 12.7 Å². The second kappa shape index (κ2) is 6.28. The molecule has 4 rings (SSSR count). The highest BCUT2D eigenvalue weighted by Crippen LogP contribution is 2.31. The molecule has 0 saturated carbocycles. The van der Waals surface area contributed by atoms with Crippen molar-refractivity contribution in [1.82, 2.24) is 24.3 Å². The van der Waals surface area contributed by atoms with Crippen LogP contribution in [0.1, 0.15) is 42.4 Å². The number of aromatic nitrogens is 4. The molecule has 5 nitrogen and oxygen atoms in total. The van der Waals surface area contributed by atoms with Gasteiger partial charge in [-0.2, -0.15) is 0 Å². The maximum absolute atomic E-state index is 14.0. The van der Waals surface area contributed by atoms with Gasteiger partial charge in [0.1, 0.15) is 5.82 Å². The molecule has 0 unspecified atom stereocenters. The second-order valence-corrected chi connectivity index (χ2v) is 6.33. The average Bonchev–Trinajstić information content (AvgIpc) is 3.07. The number of hydrogen-bond donors (Lipinski definition) is 0. The molecule has 0 radical (unpaired) electrons. The van der Waals surface area contributed by atoms with Crippen molar-refractivity contribution in [2.75, 3.05) is 6.54 Å². The third-order valence-electron chi connectivity index (χ3n) is 4.73. The van der Waals surface area contributed by atoms with E-state index in [2.05, 4.69) is 27.9 Å². The van der Waals surface area contributed by atoms with E-state index in [0.717, 1.165) is 43.0 Å². The molecule has 0 amide bonds. The Morgan fingerprint density at radius 3 is 3.04 bits per heavy atom. The first-order chi connectivity index (χ1) is 11.7. The Morgan fingerprint density at radius 1 is 1.25 bits per heavy atom. The Bertz CT molecular complexity index is 859. The van der Waals surface area contributed by atoms with E-state index in [1.54, 1.807) is 18.5 Å². The van der Waals surface area contributed by atoms with Crippen molar-refractivity contribution in [3.8, 4) is 0 Å². The van der Waals surface area contributed by atoms with Crippen LogP contribution in [-0.2, 0) is 6.54 Å². The third-order valence-corrected chi connectivity index (χ3v) is 4.73. The number of nitrogens with zero attached hydrogens (tertiary/aromatic N) is 5. The highest BCUT2D eigenvalue weighted by molar-refractivity contribution is 5.33. The van der Waals surface area contributed by atoms with Crippen molar-refractivity contribution in [2.24, 2.45) is 0 Å². The van der Waals surface area contributed by atoms with Crippen LogP contribution in [-0.4, -0.2) is 30.8 Å². The molecule has 6 heteroatoms. The van der Waals surface area contributed by atoms with E-state index in [1.165, 1.54) is 6.07 Å². The van der Waals surface area contributed by atoms with Crippen LogP contribution in [0.2, 0.25) is 0 Å². The minimum atomic E-state index is -0.241. The van der Waals surface area contributed by atoms with Crippen molar-refractivity contribution in [3.05, 3.63) is 59.7 Å². The maximum atomic E-state index is 14.0. The summed E-state index contributed by atoms with van der Waals surface area (Å²) in [4.78, 5) is 15.5. The van der Waals surface area contributed by atoms with Crippen molar-refractivity contribution in [3.63, 3.8) is 0 Å². The van der Waals surface area contributed by atoms with Crippen LogP contribution in [0.3, 0.4) is 0 Å². The number of halogens is 1. The van der Waals surface area contributed by atoms with Gasteiger partial charge in [0.15, 0.2) is 0 Å². The number of pyridine rings is 1. The van der Waals surface area contributed by atoms with Gasteiger partial charge in [-0.1, -0.05) is 6.42 Å². The summed E-state index contributed by atoms with van der Waals surface area (Å²) in [6.45, 7) is 3.50. The van der Waals surface area contributed by atoms with Gasteiger partial charge < -0.3 is 0 Å². The summed E-state index contributed by atoms with van der Waals surface area (Å²) >= 11 is 0. The molecule has 1 fully saturated rings. The number of hydrogen-bond acceptors (Lipinski definition) is 4. The van der Waals surface area contributed by atoms with Gasteiger partial charge in [-0.05, 0) is 44.5 Å². The zero-order valence-electron chi connectivity index (χ0n) is 13.7. The van der Waals surface area contributed by atoms with Crippen molar-refractivity contribution >= 4 is 5.78 Å². The standard InChI is InChI=1S/C18H20FN5/c1-13-11-15(22-18-21-8-10-24(13)18)17-6-2-3-9-23(17)12-16-14(19)5-4-7-20-16/h4-5,7-8,10-11,17H,2-3,6,9,12H2,1H3/t17-/m1/s1. The SMILES string of the molecule is Cc1cc([C@H]2CCCCN2Cc2ncccc2F)nc2nccn12. The van der Waals surface area contributed by atoms with Gasteiger partial charge in [-0.15, -0.1) is 0 Å². The van der Waals surface area contributed by atoms with Gasteiger partial charge in [-0.25, -0.2) is 14.4 Å². The Balaban J connectivity index is 1.67. The largest absolute Gasteiger partial charge is 0.289 e. The summed E-state index contributed by atoms with van der Waals surface area (Å²) in [6.07, 6.45) is 8.64. The topological polar surface area (TPSA) is 46.3 Å².